The molecule has 2 rings (SSSR count). The molecule has 88 valence electrons. The van der Waals surface area contributed by atoms with E-state index in [1.54, 1.807) is 0 Å². The molecule has 4 nitrogen and oxygen atoms in total. The number of hydrogen-bond donors (Lipinski definition) is 0. The van der Waals surface area contributed by atoms with Crippen molar-refractivity contribution in [3.8, 4) is 11.4 Å². The van der Waals surface area contributed by atoms with Crippen LogP contribution in [0.25, 0.3) is 11.4 Å². The van der Waals surface area contributed by atoms with Gasteiger partial charge in [0.2, 0.25) is 11.6 Å². The lowest BCUT2D eigenvalue weighted by atomic mass is 10.2. The van der Waals surface area contributed by atoms with Gasteiger partial charge in [0.1, 0.15) is 0 Å². The molecule has 0 unspecified atom stereocenters. The molecule has 0 bridgehead atoms. The van der Waals surface area contributed by atoms with E-state index in [0.29, 0.717) is 0 Å². The van der Waals surface area contributed by atoms with Gasteiger partial charge in [-0.05, 0) is 28.1 Å². The number of halogens is 3. The predicted octanol–water partition coefficient (Wildman–Crippen LogP) is 2.98. The van der Waals surface area contributed by atoms with Crippen LogP contribution in [0.2, 0.25) is 0 Å². The van der Waals surface area contributed by atoms with Crippen LogP contribution >= 0.6 is 15.9 Å². The number of aromatic nitrogens is 2. The first-order valence-electron chi connectivity index (χ1n) is 4.49. The van der Waals surface area contributed by atoms with Crippen molar-refractivity contribution in [2.24, 2.45) is 0 Å². The maximum atomic E-state index is 13.3. The molecule has 1 aromatic carbocycles. The Balaban J connectivity index is 2.53. The number of hydrogen-bond acceptors (Lipinski definition) is 4. The number of carbonyl (C=O) groups excluding carboxylic acids is 1. The quantitative estimate of drug-likeness (QED) is 0.632. The number of ketones is 1. The number of rotatable bonds is 2. The van der Waals surface area contributed by atoms with Gasteiger partial charge in [0, 0.05) is 12.5 Å². The third kappa shape index (κ3) is 2.10. The van der Waals surface area contributed by atoms with E-state index in [1.807, 2.05) is 0 Å². The summed E-state index contributed by atoms with van der Waals surface area (Å²) >= 11 is 2.89. The number of benzene rings is 1. The monoisotopic (exact) mass is 302 g/mol. The van der Waals surface area contributed by atoms with Crippen molar-refractivity contribution in [2.75, 3.05) is 0 Å². The Labute approximate surface area is 103 Å². The van der Waals surface area contributed by atoms with Crippen LogP contribution in [0, 0.1) is 11.6 Å². The highest BCUT2D eigenvalue weighted by atomic mass is 79.9. The van der Waals surface area contributed by atoms with Gasteiger partial charge in [-0.15, -0.1) is 0 Å². The van der Waals surface area contributed by atoms with Crippen molar-refractivity contribution < 1.29 is 18.1 Å². The van der Waals surface area contributed by atoms with Gasteiger partial charge in [0.15, 0.2) is 11.6 Å². The van der Waals surface area contributed by atoms with Crippen LogP contribution in [0.5, 0.6) is 0 Å². The smallest absolute Gasteiger partial charge is 0.294 e. The zero-order valence-corrected chi connectivity index (χ0v) is 10.1. The van der Waals surface area contributed by atoms with Crippen LogP contribution in [0.1, 0.15) is 17.6 Å². The van der Waals surface area contributed by atoms with Crippen LogP contribution in [0.3, 0.4) is 0 Å². The standard InChI is InChI=1S/C10H5BrF2N2O2/c1-4(16)10-14-9(15-17-10)5-2-3-6(12)8(13)7(5)11/h2-3H,1H3. The van der Waals surface area contributed by atoms with Gasteiger partial charge < -0.3 is 4.52 Å². The minimum absolute atomic E-state index is 0.0148. The summed E-state index contributed by atoms with van der Waals surface area (Å²) in [6.45, 7) is 1.26. The Morgan fingerprint density at radius 3 is 2.71 bits per heavy atom. The van der Waals surface area contributed by atoms with Gasteiger partial charge in [0.25, 0.3) is 5.89 Å². The minimum atomic E-state index is -1.04. The summed E-state index contributed by atoms with van der Waals surface area (Å²) < 4.78 is 30.7. The van der Waals surface area contributed by atoms with Gasteiger partial charge in [-0.25, -0.2) is 8.78 Å². The highest BCUT2D eigenvalue weighted by molar-refractivity contribution is 9.10. The first-order valence-corrected chi connectivity index (χ1v) is 5.28. The van der Waals surface area contributed by atoms with Gasteiger partial charge in [0.05, 0.1) is 4.47 Å². The number of carbonyl (C=O) groups is 1. The van der Waals surface area contributed by atoms with E-state index in [9.17, 15) is 13.6 Å². The van der Waals surface area contributed by atoms with E-state index in [-0.39, 0.29) is 21.8 Å². The normalized spacial score (nSPS) is 10.6. The average molecular weight is 303 g/mol. The summed E-state index contributed by atoms with van der Waals surface area (Å²) in [6, 6.07) is 2.23. The molecule has 7 heteroatoms. The predicted molar refractivity (Wildman–Crippen MR) is 57.4 cm³/mol. The SMILES string of the molecule is CC(=O)c1nc(-c2ccc(F)c(F)c2Br)no1. The van der Waals surface area contributed by atoms with Gasteiger partial charge in [-0.2, -0.15) is 4.98 Å². The third-order valence-electron chi connectivity index (χ3n) is 2.00. The van der Waals surface area contributed by atoms with E-state index < -0.39 is 17.4 Å². The fourth-order valence-electron chi connectivity index (χ4n) is 1.17. The Morgan fingerprint density at radius 2 is 2.12 bits per heavy atom. The molecule has 0 aliphatic heterocycles. The first-order chi connectivity index (χ1) is 8.00. The molecule has 2 aromatic rings. The highest BCUT2D eigenvalue weighted by Gasteiger charge is 2.18. The topological polar surface area (TPSA) is 56.0 Å². The molecule has 0 saturated carbocycles. The van der Waals surface area contributed by atoms with Crippen molar-refractivity contribution >= 4 is 21.7 Å². The maximum absolute atomic E-state index is 13.3. The Hall–Kier alpha value is -1.63. The molecule has 0 saturated heterocycles. The molecule has 0 spiro atoms. The van der Waals surface area contributed by atoms with Gasteiger partial charge in [-0.3, -0.25) is 4.79 Å². The van der Waals surface area contributed by atoms with Gasteiger partial charge >= 0.3 is 0 Å². The van der Waals surface area contributed by atoms with Crippen molar-refractivity contribution in [3.05, 3.63) is 34.1 Å². The molecule has 0 aliphatic carbocycles. The summed E-state index contributed by atoms with van der Waals surface area (Å²) in [6.07, 6.45) is 0. The van der Waals surface area contributed by atoms with E-state index in [4.69, 9.17) is 0 Å². The molecule has 0 aliphatic rings. The van der Waals surface area contributed by atoms with Crippen molar-refractivity contribution in [1.82, 2.24) is 10.1 Å². The molecule has 0 N–H and O–H groups in total. The van der Waals surface area contributed by atoms with Crippen LogP contribution in [0.4, 0.5) is 8.78 Å². The second-order valence-corrected chi connectivity index (χ2v) is 4.00. The highest BCUT2D eigenvalue weighted by Crippen LogP contribution is 2.29. The van der Waals surface area contributed by atoms with Crippen LogP contribution < -0.4 is 0 Å². The maximum Gasteiger partial charge on any atom is 0.294 e. The summed E-state index contributed by atoms with van der Waals surface area (Å²) in [4.78, 5) is 14.7. The molecule has 17 heavy (non-hydrogen) atoms. The number of Topliss-reactive ketones (excluding diaryl/α,β-unsaturated/α-hetero) is 1. The first kappa shape index (κ1) is 11.8. The summed E-state index contributed by atoms with van der Waals surface area (Å²) in [5.74, 6) is -2.60. The molecule has 0 fully saturated rings. The zero-order chi connectivity index (χ0) is 12.6. The Kier molecular flexibility index (Phi) is 3.01. The minimum Gasteiger partial charge on any atom is -0.330 e. The summed E-state index contributed by atoms with van der Waals surface area (Å²) in [7, 11) is 0. The zero-order valence-electron chi connectivity index (χ0n) is 8.50. The Morgan fingerprint density at radius 1 is 1.41 bits per heavy atom. The fourth-order valence-corrected chi connectivity index (χ4v) is 1.67. The van der Waals surface area contributed by atoms with Crippen LogP contribution in [-0.2, 0) is 0 Å². The van der Waals surface area contributed by atoms with E-state index >= 15 is 0 Å². The van der Waals surface area contributed by atoms with Crippen LogP contribution in [-0.4, -0.2) is 15.9 Å². The molecular formula is C10H5BrF2N2O2. The molecule has 0 amide bonds. The fraction of sp³-hybridized carbons (Fsp3) is 0.100. The third-order valence-corrected chi connectivity index (χ3v) is 2.78. The summed E-state index contributed by atoms with van der Waals surface area (Å²) in [5.41, 5.74) is 0.208. The molecule has 1 aromatic heterocycles. The largest absolute Gasteiger partial charge is 0.330 e. The van der Waals surface area contributed by atoms with Crippen molar-refractivity contribution in [3.63, 3.8) is 0 Å². The van der Waals surface area contributed by atoms with Crippen LogP contribution in [0.15, 0.2) is 21.1 Å². The molecule has 1 heterocycles. The number of nitrogens with zero attached hydrogens (tertiary/aromatic N) is 2. The second kappa shape index (κ2) is 4.33. The lowest BCUT2D eigenvalue weighted by Gasteiger charge is -2.00. The Bertz CT molecular complexity index is 598. The average Bonchev–Trinajstić information content (AvgIpc) is 2.75. The van der Waals surface area contributed by atoms with E-state index in [0.717, 1.165) is 6.07 Å². The van der Waals surface area contributed by atoms with Gasteiger partial charge in [-0.1, -0.05) is 5.16 Å². The molecule has 0 radical (unpaired) electrons. The van der Waals surface area contributed by atoms with E-state index in [1.165, 1.54) is 13.0 Å². The second-order valence-electron chi connectivity index (χ2n) is 3.20. The van der Waals surface area contributed by atoms with Crippen molar-refractivity contribution in [1.29, 1.82) is 0 Å². The molecular weight excluding hydrogens is 298 g/mol. The van der Waals surface area contributed by atoms with E-state index in [2.05, 4.69) is 30.6 Å². The lowest BCUT2D eigenvalue weighted by molar-refractivity contribution is 0.0972. The van der Waals surface area contributed by atoms with Crippen molar-refractivity contribution in [2.45, 2.75) is 6.92 Å². The summed E-state index contributed by atoms with van der Waals surface area (Å²) in [5, 5.41) is 3.51. The lowest BCUT2D eigenvalue weighted by Crippen LogP contribution is -1.93. The molecule has 0 atom stereocenters.